The Morgan fingerprint density at radius 1 is 1.22 bits per heavy atom. The molecular formula is C18H20Cl2N4O2S. The Balaban J connectivity index is 1.78. The summed E-state index contributed by atoms with van der Waals surface area (Å²) in [6.45, 7) is 2.31. The third-order valence-electron chi connectivity index (χ3n) is 4.25. The van der Waals surface area contributed by atoms with Gasteiger partial charge in [0.05, 0.1) is 10.7 Å². The summed E-state index contributed by atoms with van der Waals surface area (Å²) in [5.74, 6) is 0. The van der Waals surface area contributed by atoms with E-state index in [1.54, 1.807) is 0 Å². The van der Waals surface area contributed by atoms with E-state index in [4.69, 9.17) is 28.9 Å². The van der Waals surface area contributed by atoms with Crippen molar-refractivity contribution in [1.29, 1.82) is 0 Å². The van der Waals surface area contributed by atoms with E-state index in [9.17, 15) is 8.42 Å². The van der Waals surface area contributed by atoms with E-state index in [0.717, 1.165) is 16.6 Å². The third-order valence-corrected chi connectivity index (χ3v) is 6.52. The van der Waals surface area contributed by atoms with Crippen molar-refractivity contribution in [3.63, 3.8) is 0 Å². The zero-order valence-electron chi connectivity index (χ0n) is 14.6. The molecule has 0 fully saturated rings. The van der Waals surface area contributed by atoms with Gasteiger partial charge in [-0.2, -0.15) is 0 Å². The largest absolute Gasteiger partial charge is 0.398 e. The average molecular weight is 427 g/mol. The average Bonchev–Trinajstić information content (AvgIpc) is 3.06. The van der Waals surface area contributed by atoms with Crippen LogP contribution in [0.5, 0.6) is 0 Å². The molecule has 0 unspecified atom stereocenters. The maximum Gasteiger partial charge on any atom is 0.244 e. The molecule has 0 bridgehead atoms. The van der Waals surface area contributed by atoms with E-state index in [1.165, 1.54) is 12.1 Å². The summed E-state index contributed by atoms with van der Waals surface area (Å²) < 4.78 is 28.2. The number of hydrogen-bond acceptors (Lipinski definition) is 4. The molecule has 1 heterocycles. The van der Waals surface area contributed by atoms with Crippen LogP contribution in [0.4, 0.5) is 11.4 Å². The van der Waals surface area contributed by atoms with E-state index in [0.29, 0.717) is 13.0 Å². The Bertz CT molecular complexity index is 1040. The minimum atomic E-state index is -3.90. The lowest BCUT2D eigenvalue weighted by atomic mass is 10.2. The lowest BCUT2D eigenvalue weighted by Crippen LogP contribution is -2.39. The number of aromatic nitrogens is 1. The standard InChI is InChI=1S/C18H20Cl2N4O2S/c1-2-12(10-23-17-5-3-4-16-13(17)6-7-22-16)24-27(25,26)18-14(20)8-11(19)9-15(18)21/h3-9,12,22-24H,2,10,21H2,1H3/t12-/m0/s1. The number of anilines is 2. The third kappa shape index (κ3) is 4.32. The fraction of sp³-hybridized carbons (Fsp3) is 0.222. The first-order valence-corrected chi connectivity index (χ1v) is 10.6. The van der Waals surface area contributed by atoms with Gasteiger partial charge in [-0.05, 0) is 36.8 Å². The van der Waals surface area contributed by atoms with Crippen molar-refractivity contribution in [2.24, 2.45) is 0 Å². The topological polar surface area (TPSA) is 100 Å². The summed E-state index contributed by atoms with van der Waals surface area (Å²) >= 11 is 11.9. The van der Waals surface area contributed by atoms with Crippen molar-refractivity contribution in [3.8, 4) is 0 Å². The number of nitrogens with two attached hydrogens (primary N) is 1. The van der Waals surface area contributed by atoms with Crippen LogP contribution < -0.4 is 15.8 Å². The van der Waals surface area contributed by atoms with Crippen molar-refractivity contribution in [3.05, 3.63) is 52.6 Å². The molecule has 5 N–H and O–H groups in total. The van der Waals surface area contributed by atoms with Crippen LogP contribution in [0.25, 0.3) is 10.9 Å². The molecule has 6 nitrogen and oxygen atoms in total. The highest BCUT2D eigenvalue weighted by Crippen LogP contribution is 2.31. The number of benzene rings is 2. The van der Waals surface area contributed by atoms with Crippen LogP contribution in [-0.4, -0.2) is 26.0 Å². The number of fused-ring (bicyclic) bond motifs is 1. The van der Waals surface area contributed by atoms with Crippen molar-refractivity contribution in [2.45, 2.75) is 24.3 Å². The predicted molar refractivity (Wildman–Crippen MR) is 112 cm³/mol. The minimum Gasteiger partial charge on any atom is -0.398 e. The normalized spacial score (nSPS) is 13.0. The van der Waals surface area contributed by atoms with Gasteiger partial charge in [0.25, 0.3) is 0 Å². The lowest BCUT2D eigenvalue weighted by Gasteiger charge is -2.20. The number of aromatic amines is 1. The van der Waals surface area contributed by atoms with Gasteiger partial charge in [0.15, 0.2) is 0 Å². The number of sulfonamides is 1. The molecule has 9 heteroatoms. The SMILES string of the molecule is CC[C@@H](CNc1cccc2[nH]ccc12)NS(=O)(=O)c1c(N)cc(Cl)cc1Cl. The zero-order chi connectivity index (χ0) is 19.6. The first-order chi connectivity index (χ1) is 12.8. The van der Waals surface area contributed by atoms with Crippen LogP contribution in [0, 0.1) is 0 Å². The highest BCUT2D eigenvalue weighted by molar-refractivity contribution is 7.89. The summed E-state index contributed by atoms with van der Waals surface area (Å²) in [6, 6.07) is 10.2. The molecule has 3 rings (SSSR count). The number of nitrogens with one attached hydrogen (secondary N) is 3. The van der Waals surface area contributed by atoms with Crippen LogP contribution in [0.2, 0.25) is 10.0 Å². The van der Waals surface area contributed by atoms with Gasteiger partial charge < -0.3 is 16.0 Å². The van der Waals surface area contributed by atoms with Gasteiger partial charge in [-0.3, -0.25) is 0 Å². The summed E-state index contributed by atoms with van der Waals surface area (Å²) in [5.41, 5.74) is 7.78. The molecule has 0 saturated carbocycles. The number of H-pyrrole nitrogens is 1. The van der Waals surface area contributed by atoms with Gasteiger partial charge in [0.1, 0.15) is 4.90 Å². The second-order valence-corrected chi connectivity index (χ2v) is 8.65. The van der Waals surface area contributed by atoms with Crippen LogP contribution in [-0.2, 0) is 10.0 Å². The quantitative estimate of drug-likeness (QED) is 0.424. The summed E-state index contributed by atoms with van der Waals surface area (Å²) in [4.78, 5) is 2.99. The Morgan fingerprint density at radius 3 is 2.70 bits per heavy atom. The first-order valence-electron chi connectivity index (χ1n) is 8.38. The molecule has 0 saturated heterocycles. The van der Waals surface area contributed by atoms with Crippen molar-refractivity contribution in [1.82, 2.24) is 9.71 Å². The van der Waals surface area contributed by atoms with E-state index in [1.807, 2.05) is 37.4 Å². The highest BCUT2D eigenvalue weighted by atomic mass is 35.5. The van der Waals surface area contributed by atoms with Crippen molar-refractivity contribution in [2.75, 3.05) is 17.6 Å². The summed E-state index contributed by atoms with van der Waals surface area (Å²) in [7, 11) is -3.90. The molecule has 0 aliphatic heterocycles. The van der Waals surface area contributed by atoms with E-state index < -0.39 is 10.0 Å². The van der Waals surface area contributed by atoms with Crippen LogP contribution in [0.1, 0.15) is 13.3 Å². The van der Waals surface area contributed by atoms with Crippen LogP contribution >= 0.6 is 23.2 Å². The maximum absolute atomic E-state index is 12.8. The monoisotopic (exact) mass is 426 g/mol. The molecule has 0 amide bonds. The molecule has 0 spiro atoms. The molecular weight excluding hydrogens is 407 g/mol. The Kier molecular flexibility index (Phi) is 5.86. The number of hydrogen-bond donors (Lipinski definition) is 4. The second kappa shape index (κ2) is 7.98. The van der Waals surface area contributed by atoms with E-state index >= 15 is 0 Å². The predicted octanol–water partition coefficient (Wildman–Crippen LogP) is 4.23. The molecule has 0 radical (unpaired) electrons. The molecule has 1 atom stereocenters. The van der Waals surface area contributed by atoms with Gasteiger partial charge >= 0.3 is 0 Å². The number of halogens is 2. The molecule has 2 aromatic carbocycles. The van der Waals surface area contributed by atoms with Crippen LogP contribution in [0.3, 0.4) is 0 Å². The van der Waals surface area contributed by atoms with Crippen molar-refractivity contribution < 1.29 is 8.42 Å². The van der Waals surface area contributed by atoms with Gasteiger partial charge in [-0.1, -0.05) is 36.2 Å². The molecule has 0 aliphatic carbocycles. The molecule has 3 aromatic rings. The first kappa shape index (κ1) is 19.8. The fourth-order valence-electron chi connectivity index (χ4n) is 2.88. The van der Waals surface area contributed by atoms with Gasteiger partial charge in [0.2, 0.25) is 10.0 Å². The molecule has 144 valence electrons. The molecule has 1 aromatic heterocycles. The zero-order valence-corrected chi connectivity index (χ0v) is 16.9. The summed E-state index contributed by atoms with van der Waals surface area (Å²) in [6.07, 6.45) is 2.45. The van der Waals surface area contributed by atoms with Gasteiger partial charge in [-0.15, -0.1) is 0 Å². The van der Waals surface area contributed by atoms with E-state index in [-0.39, 0.29) is 26.7 Å². The lowest BCUT2D eigenvalue weighted by molar-refractivity contribution is 0.548. The smallest absolute Gasteiger partial charge is 0.244 e. The van der Waals surface area contributed by atoms with Crippen LogP contribution in [0.15, 0.2) is 47.5 Å². The maximum atomic E-state index is 12.8. The van der Waals surface area contributed by atoms with Gasteiger partial charge in [-0.25, -0.2) is 13.1 Å². The molecule has 27 heavy (non-hydrogen) atoms. The second-order valence-electron chi connectivity index (χ2n) is 6.16. The Morgan fingerprint density at radius 2 is 2.00 bits per heavy atom. The highest BCUT2D eigenvalue weighted by Gasteiger charge is 2.25. The minimum absolute atomic E-state index is 0.00703. The fourth-order valence-corrected chi connectivity index (χ4v) is 5.19. The van der Waals surface area contributed by atoms with Crippen molar-refractivity contribution >= 4 is 55.5 Å². The van der Waals surface area contributed by atoms with Gasteiger partial charge in [0, 0.05) is 40.4 Å². The Hall–Kier alpha value is -1.93. The molecule has 0 aliphatic rings. The van der Waals surface area contributed by atoms with E-state index in [2.05, 4.69) is 15.0 Å². The summed E-state index contributed by atoms with van der Waals surface area (Å²) in [5, 5.41) is 4.62. The number of rotatable bonds is 7. The Labute approximate surface area is 168 Å². The number of nitrogen functional groups attached to an aromatic ring is 1.